The summed E-state index contributed by atoms with van der Waals surface area (Å²) in [5.74, 6) is 0.930. The number of aromatic nitrogens is 2. The number of benzene rings is 2. The standard InChI is InChI=1S/C25H24ClN3O3/c1-3-32-22-11-10-16(13-23(22)31-2)19(20-15-28-21-9-5-4-7-17(20)21)14-29-25(30)18-8-6-12-27-24(18)26/h4-13,15,19,28H,3,14H2,1-2H3,(H,29,30). The van der Waals surface area contributed by atoms with Crippen LogP contribution in [0.25, 0.3) is 10.9 Å². The zero-order valence-electron chi connectivity index (χ0n) is 17.9. The van der Waals surface area contributed by atoms with Crippen molar-refractivity contribution in [2.45, 2.75) is 12.8 Å². The fourth-order valence-electron chi connectivity index (χ4n) is 3.81. The molecule has 2 aromatic heterocycles. The van der Waals surface area contributed by atoms with Gasteiger partial charge < -0.3 is 19.8 Å². The van der Waals surface area contributed by atoms with Crippen molar-refractivity contribution < 1.29 is 14.3 Å². The Balaban J connectivity index is 1.71. The summed E-state index contributed by atoms with van der Waals surface area (Å²) in [7, 11) is 1.62. The van der Waals surface area contributed by atoms with E-state index in [-0.39, 0.29) is 17.0 Å². The number of rotatable bonds is 8. The Labute approximate surface area is 191 Å². The van der Waals surface area contributed by atoms with Gasteiger partial charge in [-0.05, 0) is 48.4 Å². The van der Waals surface area contributed by atoms with E-state index in [0.717, 1.165) is 22.0 Å². The molecule has 0 radical (unpaired) electrons. The highest BCUT2D eigenvalue weighted by molar-refractivity contribution is 6.32. The predicted molar refractivity (Wildman–Crippen MR) is 126 cm³/mol. The van der Waals surface area contributed by atoms with Crippen LogP contribution in [0.3, 0.4) is 0 Å². The highest BCUT2D eigenvalue weighted by Gasteiger charge is 2.22. The number of carbonyl (C=O) groups is 1. The molecule has 1 amide bonds. The van der Waals surface area contributed by atoms with E-state index in [0.29, 0.717) is 30.2 Å². The first-order valence-electron chi connectivity index (χ1n) is 10.4. The number of aromatic amines is 1. The number of nitrogens with zero attached hydrogens (tertiary/aromatic N) is 1. The Morgan fingerprint density at radius 1 is 1.16 bits per heavy atom. The fraction of sp³-hybridized carbons (Fsp3) is 0.200. The second-order valence-electron chi connectivity index (χ2n) is 7.24. The molecular weight excluding hydrogens is 426 g/mol. The maximum Gasteiger partial charge on any atom is 0.254 e. The molecule has 0 saturated carbocycles. The topological polar surface area (TPSA) is 76.2 Å². The lowest BCUT2D eigenvalue weighted by Crippen LogP contribution is -2.29. The van der Waals surface area contributed by atoms with Gasteiger partial charge in [-0.15, -0.1) is 0 Å². The lowest BCUT2D eigenvalue weighted by atomic mass is 9.90. The minimum Gasteiger partial charge on any atom is -0.493 e. The van der Waals surface area contributed by atoms with E-state index >= 15 is 0 Å². The third-order valence-corrected chi connectivity index (χ3v) is 5.66. The van der Waals surface area contributed by atoms with Crippen molar-refractivity contribution in [2.75, 3.05) is 20.3 Å². The van der Waals surface area contributed by atoms with Gasteiger partial charge in [-0.1, -0.05) is 35.9 Å². The smallest absolute Gasteiger partial charge is 0.254 e. The first kappa shape index (κ1) is 21.7. The third-order valence-electron chi connectivity index (χ3n) is 5.36. The number of hydrogen-bond donors (Lipinski definition) is 2. The molecule has 1 unspecified atom stereocenters. The molecule has 0 saturated heterocycles. The minimum atomic E-state index is -0.272. The maximum atomic E-state index is 12.8. The number of halogens is 1. The molecule has 0 fully saturated rings. The van der Waals surface area contributed by atoms with Crippen LogP contribution in [0.15, 0.2) is 67.0 Å². The predicted octanol–water partition coefficient (Wildman–Crippen LogP) is 5.19. The quantitative estimate of drug-likeness (QED) is 0.363. The largest absolute Gasteiger partial charge is 0.493 e. The molecule has 0 aliphatic heterocycles. The van der Waals surface area contributed by atoms with E-state index in [2.05, 4.69) is 21.4 Å². The Kier molecular flexibility index (Phi) is 6.61. The van der Waals surface area contributed by atoms with Crippen LogP contribution in [-0.4, -0.2) is 36.1 Å². The highest BCUT2D eigenvalue weighted by Crippen LogP contribution is 2.36. The number of fused-ring (bicyclic) bond motifs is 1. The van der Waals surface area contributed by atoms with Gasteiger partial charge in [-0.2, -0.15) is 0 Å². The number of pyridine rings is 1. The monoisotopic (exact) mass is 449 g/mol. The molecule has 0 aliphatic rings. The van der Waals surface area contributed by atoms with E-state index in [1.165, 1.54) is 0 Å². The van der Waals surface area contributed by atoms with Crippen molar-refractivity contribution in [1.82, 2.24) is 15.3 Å². The van der Waals surface area contributed by atoms with Crippen LogP contribution in [0, 0.1) is 0 Å². The van der Waals surface area contributed by atoms with Gasteiger partial charge in [0.15, 0.2) is 11.5 Å². The SMILES string of the molecule is CCOc1ccc(C(CNC(=O)c2cccnc2Cl)c2c[nH]c3ccccc23)cc1OC. The van der Waals surface area contributed by atoms with Crippen LogP contribution >= 0.6 is 11.6 Å². The van der Waals surface area contributed by atoms with Crippen LogP contribution in [0.5, 0.6) is 11.5 Å². The molecule has 32 heavy (non-hydrogen) atoms. The zero-order valence-corrected chi connectivity index (χ0v) is 18.6. The van der Waals surface area contributed by atoms with Crippen molar-refractivity contribution in [3.63, 3.8) is 0 Å². The molecule has 6 nitrogen and oxygen atoms in total. The van der Waals surface area contributed by atoms with Crippen molar-refractivity contribution in [3.05, 3.63) is 88.8 Å². The second-order valence-corrected chi connectivity index (χ2v) is 7.60. The lowest BCUT2D eigenvalue weighted by molar-refractivity contribution is 0.0952. The van der Waals surface area contributed by atoms with Gasteiger partial charge in [0.25, 0.3) is 5.91 Å². The Hall–Kier alpha value is -3.51. The van der Waals surface area contributed by atoms with E-state index in [9.17, 15) is 4.79 Å². The molecule has 4 rings (SSSR count). The van der Waals surface area contributed by atoms with Gasteiger partial charge in [0.2, 0.25) is 0 Å². The zero-order chi connectivity index (χ0) is 22.5. The number of nitrogens with one attached hydrogen (secondary N) is 2. The molecule has 0 spiro atoms. The highest BCUT2D eigenvalue weighted by atomic mass is 35.5. The van der Waals surface area contributed by atoms with E-state index in [1.54, 1.807) is 25.4 Å². The molecule has 0 aliphatic carbocycles. The summed E-state index contributed by atoms with van der Waals surface area (Å²) in [5.41, 5.74) is 3.44. The first-order valence-corrected chi connectivity index (χ1v) is 10.8. The lowest BCUT2D eigenvalue weighted by Gasteiger charge is -2.20. The third kappa shape index (κ3) is 4.41. The summed E-state index contributed by atoms with van der Waals surface area (Å²) >= 11 is 6.11. The molecule has 2 N–H and O–H groups in total. The molecule has 1 atom stereocenters. The van der Waals surface area contributed by atoms with Gasteiger partial charge in [-0.25, -0.2) is 4.98 Å². The minimum absolute atomic E-state index is 0.130. The number of carbonyl (C=O) groups excluding carboxylic acids is 1. The van der Waals surface area contributed by atoms with Gasteiger partial charge in [0.1, 0.15) is 5.15 Å². The summed E-state index contributed by atoms with van der Waals surface area (Å²) in [6.07, 6.45) is 3.54. The Morgan fingerprint density at radius 3 is 2.78 bits per heavy atom. The summed E-state index contributed by atoms with van der Waals surface area (Å²) in [6.45, 7) is 2.84. The van der Waals surface area contributed by atoms with Crippen LogP contribution in [-0.2, 0) is 0 Å². The molecule has 2 heterocycles. The van der Waals surface area contributed by atoms with E-state index < -0.39 is 0 Å². The average molecular weight is 450 g/mol. The number of hydrogen-bond acceptors (Lipinski definition) is 4. The van der Waals surface area contributed by atoms with Gasteiger partial charge >= 0.3 is 0 Å². The van der Waals surface area contributed by atoms with Gasteiger partial charge in [-0.3, -0.25) is 4.79 Å². The van der Waals surface area contributed by atoms with Crippen molar-refractivity contribution >= 4 is 28.4 Å². The molecular formula is C25H24ClN3O3. The van der Waals surface area contributed by atoms with Crippen LogP contribution in [0.4, 0.5) is 0 Å². The van der Waals surface area contributed by atoms with Crippen molar-refractivity contribution in [2.24, 2.45) is 0 Å². The van der Waals surface area contributed by atoms with Crippen molar-refractivity contribution in [1.29, 1.82) is 0 Å². The summed E-state index contributed by atoms with van der Waals surface area (Å²) in [6, 6.07) is 17.3. The van der Waals surface area contributed by atoms with Crippen LogP contribution in [0.2, 0.25) is 5.15 Å². The summed E-state index contributed by atoms with van der Waals surface area (Å²) in [5, 5.41) is 4.29. The second kappa shape index (κ2) is 9.75. The van der Waals surface area contributed by atoms with Crippen LogP contribution in [0.1, 0.15) is 34.3 Å². The van der Waals surface area contributed by atoms with E-state index in [4.69, 9.17) is 21.1 Å². The molecule has 164 valence electrons. The van der Waals surface area contributed by atoms with E-state index in [1.807, 2.05) is 49.5 Å². The number of para-hydroxylation sites is 1. The summed E-state index contributed by atoms with van der Waals surface area (Å²) < 4.78 is 11.2. The summed E-state index contributed by atoms with van der Waals surface area (Å²) in [4.78, 5) is 20.1. The average Bonchev–Trinajstić information content (AvgIpc) is 3.24. The normalized spacial score (nSPS) is 11.8. The van der Waals surface area contributed by atoms with Crippen molar-refractivity contribution in [3.8, 4) is 11.5 Å². The Bertz CT molecular complexity index is 1240. The van der Waals surface area contributed by atoms with Gasteiger partial charge in [0.05, 0.1) is 19.3 Å². The maximum absolute atomic E-state index is 12.8. The molecule has 0 bridgehead atoms. The van der Waals surface area contributed by atoms with Crippen LogP contribution < -0.4 is 14.8 Å². The number of H-pyrrole nitrogens is 1. The van der Waals surface area contributed by atoms with Gasteiger partial charge in [0, 0.05) is 35.8 Å². The number of methoxy groups -OCH3 is 1. The number of ether oxygens (including phenoxy) is 2. The molecule has 2 aromatic carbocycles. The molecule has 7 heteroatoms. The molecule has 4 aromatic rings. The first-order chi connectivity index (χ1) is 15.6. The fourth-order valence-corrected chi connectivity index (χ4v) is 4.02. The Morgan fingerprint density at radius 2 is 2.00 bits per heavy atom. The number of amides is 1.